The van der Waals surface area contributed by atoms with E-state index in [2.05, 4.69) is 6.07 Å². The molecular formula is C15H14N2O. The highest BCUT2D eigenvalue weighted by molar-refractivity contribution is 5.56. The molecule has 0 saturated heterocycles. The zero-order valence-corrected chi connectivity index (χ0v) is 10.4. The second-order valence-electron chi connectivity index (χ2n) is 4.18. The number of aryl methyl sites for hydroxylation is 2. The Kier molecular flexibility index (Phi) is 3.20. The van der Waals surface area contributed by atoms with Crippen molar-refractivity contribution >= 4 is 5.69 Å². The third-order valence-electron chi connectivity index (χ3n) is 2.79. The van der Waals surface area contributed by atoms with E-state index in [9.17, 15) is 0 Å². The third-order valence-corrected chi connectivity index (χ3v) is 2.79. The number of hydrogen-bond acceptors (Lipinski definition) is 3. The van der Waals surface area contributed by atoms with Gasteiger partial charge in [0.1, 0.15) is 17.6 Å². The van der Waals surface area contributed by atoms with Gasteiger partial charge in [0.05, 0.1) is 5.56 Å². The second kappa shape index (κ2) is 4.80. The summed E-state index contributed by atoms with van der Waals surface area (Å²) in [6, 6.07) is 13.0. The number of anilines is 1. The van der Waals surface area contributed by atoms with Gasteiger partial charge in [0, 0.05) is 11.8 Å². The first-order valence-electron chi connectivity index (χ1n) is 5.65. The van der Waals surface area contributed by atoms with E-state index in [1.54, 1.807) is 18.2 Å². The minimum atomic E-state index is 0.510. The Balaban J connectivity index is 2.41. The number of nitrogens with zero attached hydrogens (tertiary/aromatic N) is 1. The Bertz CT molecular complexity index is 627. The van der Waals surface area contributed by atoms with Crippen LogP contribution in [0.15, 0.2) is 36.4 Å². The van der Waals surface area contributed by atoms with E-state index in [0.29, 0.717) is 22.7 Å². The van der Waals surface area contributed by atoms with Gasteiger partial charge in [-0.15, -0.1) is 0 Å². The van der Waals surface area contributed by atoms with Crippen LogP contribution >= 0.6 is 0 Å². The lowest BCUT2D eigenvalue weighted by molar-refractivity contribution is 0.477. The van der Waals surface area contributed by atoms with E-state index in [0.717, 1.165) is 11.1 Å². The molecule has 0 amide bonds. The maximum Gasteiger partial charge on any atom is 0.145 e. The van der Waals surface area contributed by atoms with Gasteiger partial charge in [-0.05, 0) is 37.1 Å². The zero-order valence-electron chi connectivity index (χ0n) is 10.4. The van der Waals surface area contributed by atoms with E-state index in [1.165, 1.54) is 0 Å². The van der Waals surface area contributed by atoms with Crippen molar-refractivity contribution in [1.82, 2.24) is 0 Å². The molecule has 0 atom stereocenters. The van der Waals surface area contributed by atoms with Crippen LogP contribution in [0.1, 0.15) is 16.7 Å². The summed E-state index contributed by atoms with van der Waals surface area (Å²) in [4.78, 5) is 0. The van der Waals surface area contributed by atoms with E-state index in [-0.39, 0.29) is 0 Å². The van der Waals surface area contributed by atoms with Crippen molar-refractivity contribution in [3.05, 3.63) is 53.1 Å². The fourth-order valence-corrected chi connectivity index (χ4v) is 1.72. The summed E-state index contributed by atoms with van der Waals surface area (Å²) < 4.78 is 5.76. The van der Waals surface area contributed by atoms with Crippen molar-refractivity contribution in [1.29, 1.82) is 5.26 Å². The number of ether oxygens (including phenoxy) is 1. The normalized spacial score (nSPS) is 9.83. The maximum absolute atomic E-state index is 9.01. The van der Waals surface area contributed by atoms with Gasteiger partial charge in [0.25, 0.3) is 0 Å². The summed E-state index contributed by atoms with van der Waals surface area (Å²) in [6.07, 6.45) is 0. The minimum Gasteiger partial charge on any atom is -0.456 e. The van der Waals surface area contributed by atoms with Crippen LogP contribution in [0.4, 0.5) is 5.69 Å². The summed E-state index contributed by atoms with van der Waals surface area (Å²) in [6.45, 7) is 3.91. The lowest BCUT2D eigenvalue weighted by Crippen LogP contribution is -1.95. The highest BCUT2D eigenvalue weighted by Gasteiger charge is 2.07. The lowest BCUT2D eigenvalue weighted by Gasteiger charge is -2.12. The van der Waals surface area contributed by atoms with Gasteiger partial charge in [-0.2, -0.15) is 5.26 Å². The summed E-state index contributed by atoms with van der Waals surface area (Å²) in [7, 11) is 0. The molecule has 0 aromatic heterocycles. The maximum atomic E-state index is 9.01. The largest absolute Gasteiger partial charge is 0.456 e. The number of hydrogen-bond donors (Lipinski definition) is 1. The molecule has 0 bridgehead atoms. The molecule has 0 unspecified atom stereocenters. The van der Waals surface area contributed by atoms with Gasteiger partial charge < -0.3 is 10.5 Å². The first kappa shape index (κ1) is 12.0. The first-order valence-corrected chi connectivity index (χ1v) is 5.65. The Morgan fingerprint density at radius 3 is 2.50 bits per heavy atom. The molecule has 0 aliphatic carbocycles. The van der Waals surface area contributed by atoms with Crippen molar-refractivity contribution in [2.24, 2.45) is 0 Å². The molecule has 0 saturated carbocycles. The van der Waals surface area contributed by atoms with E-state index < -0.39 is 0 Å². The van der Waals surface area contributed by atoms with Gasteiger partial charge in [-0.3, -0.25) is 0 Å². The van der Waals surface area contributed by atoms with E-state index >= 15 is 0 Å². The lowest BCUT2D eigenvalue weighted by atomic mass is 10.1. The summed E-state index contributed by atoms with van der Waals surface area (Å²) in [5.74, 6) is 1.23. The Labute approximate surface area is 106 Å². The Morgan fingerprint density at radius 1 is 1.06 bits per heavy atom. The van der Waals surface area contributed by atoms with Crippen LogP contribution < -0.4 is 10.5 Å². The molecular weight excluding hydrogens is 224 g/mol. The van der Waals surface area contributed by atoms with Gasteiger partial charge >= 0.3 is 0 Å². The molecule has 2 N–H and O–H groups in total. The van der Waals surface area contributed by atoms with Crippen molar-refractivity contribution in [2.75, 3.05) is 5.73 Å². The number of para-hydroxylation sites is 1. The minimum absolute atomic E-state index is 0.510. The monoisotopic (exact) mass is 238 g/mol. The fraction of sp³-hybridized carbons (Fsp3) is 0.133. The molecule has 2 aromatic rings. The number of nitriles is 1. The highest BCUT2D eigenvalue weighted by atomic mass is 16.5. The van der Waals surface area contributed by atoms with Crippen LogP contribution in [0, 0.1) is 25.2 Å². The third kappa shape index (κ3) is 2.28. The second-order valence-corrected chi connectivity index (χ2v) is 4.18. The number of benzene rings is 2. The van der Waals surface area contributed by atoms with Crippen LogP contribution in [0.3, 0.4) is 0 Å². The smallest absolute Gasteiger partial charge is 0.145 e. The fourth-order valence-electron chi connectivity index (χ4n) is 1.72. The molecule has 3 nitrogen and oxygen atoms in total. The quantitative estimate of drug-likeness (QED) is 0.814. The van der Waals surface area contributed by atoms with Crippen molar-refractivity contribution in [2.45, 2.75) is 13.8 Å². The van der Waals surface area contributed by atoms with Crippen LogP contribution in [0.5, 0.6) is 11.5 Å². The topological polar surface area (TPSA) is 59.0 Å². The first-order chi connectivity index (χ1) is 8.61. The average Bonchev–Trinajstić information content (AvgIpc) is 2.36. The number of nitrogen functional groups attached to an aromatic ring is 1. The molecule has 0 fully saturated rings. The van der Waals surface area contributed by atoms with Crippen molar-refractivity contribution < 1.29 is 4.74 Å². The molecule has 0 aliphatic rings. The molecule has 0 radical (unpaired) electrons. The SMILES string of the molecule is Cc1cc(C)c(Oc2ccccc2C#N)cc1N. The molecule has 2 rings (SSSR count). The molecule has 0 heterocycles. The standard InChI is InChI=1S/C15H14N2O/c1-10-7-11(2)15(8-13(10)17)18-14-6-4-3-5-12(14)9-16/h3-8H,17H2,1-2H3. The molecule has 3 heteroatoms. The Hall–Kier alpha value is -2.47. The molecule has 18 heavy (non-hydrogen) atoms. The average molecular weight is 238 g/mol. The van der Waals surface area contributed by atoms with Crippen LogP contribution in [-0.2, 0) is 0 Å². The predicted octanol–water partition coefficient (Wildman–Crippen LogP) is 3.55. The van der Waals surface area contributed by atoms with Crippen LogP contribution in [-0.4, -0.2) is 0 Å². The van der Waals surface area contributed by atoms with E-state index in [4.69, 9.17) is 15.7 Å². The molecule has 0 aliphatic heterocycles. The predicted molar refractivity (Wildman–Crippen MR) is 71.6 cm³/mol. The highest BCUT2D eigenvalue weighted by Crippen LogP contribution is 2.30. The summed E-state index contributed by atoms with van der Waals surface area (Å²) >= 11 is 0. The summed E-state index contributed by atoms with van der Waals surface area (Å²) in [5, 5.41) is 9.01. The van der Waals surface area contributed by atoms with Crippen LogP contribution in [0.2, 0.25) is 0 Å². The van der Waals surface area contributed by atoms with Gasteiger partial charge in [-0.25, -0.2) is 0 Å². The van der Waals surface area contributed by atoms with E-state index in [1.807, 2.05) is 32.0 Å². The Morgan fingerprint density at radius 2 is 1.78 bits per heavy atom. The molecule has 0 spiro atoms. The van der Waals surface area contributed by atoms with Gasteiger partial charge in [0.15, 0.2) is 0 Å². The van der Waals surface area contributed by atoms with Gasteiger partial charge in [-0.1, -0.05) is 18.2 Å². The summed E-state index contributed by atoms with van der Waals surface area (Å²) in [5.41, 5.74) is 9.08. The zero-order chi connectivity index (χ0) is 13.1. The number of nitrogens with two attached hydrogens (primary N) is 1. The van der Waals surface area contributed by atoms with Crippen molar-refractivity contribution in [3.63, 3.8) is 0 Å². The van der Waals surface area contributed by atoms with Crippen molar-refractivity contribution in [3.8, 4) is 17.6 Å². The number of rotatable bonds is 2. The molecule has 2 aromatic carbocycles. The molecule has 90 valence electrons. The van der Waals surface area contributed by atoms with Gasteiger partial charge in [0.2, 0.25) is 0 Å². The van der Waals surface area contributed by atoms with Crippen LogP contribution in [0.25, 0.3) is 0 Å².